The second kappa shape index (κ2) is 46.8. The van der Waals surface area contributed by atoms with Gasteiger partial charge in [0.15, 0.2) is 0 Å². The molecule has 0 aromatic heterocycles. The molecule has 4 heteroatoms. The van der Waals surface area contributed by atoms with Gasteiger partial charge >= 0.3 is 5.97 Å². The number of unbranched alkanes of at least 4 members (excludes halogenated alkanes) is 30. The molecule has 0 bridgehead atoms. The fourth-order valence-electron chi connectivity index (χ4n) is 6.93. The van der Waals surface area contributed by atoms with Crippen LogP contribution in [0, 0.1) is 0 Å². The van der Waals surface area contributed by atoms with Crippen molar-refractivity contribution in [3.63, 3.8) is 0 Å². The summed E-state index contributed by atoms with van der Waals surface area (Å²) < 4.78 is 11.2. The van der Waals surface area contributed by atoms with E-state index in [4.69, 9.17) is 9.47 Å². The Morgan fingerprint density at radius 3 is 1.19 bits per heavy atom. The number of aliphatic hydroxyl groups is 1. The van der Waals surface area contributed by atoms with Gasteiger partial charge in [0.25, 0.3) is 0 Å². The minimum Gasteiger partial charge on any atom is -0.457 e. The second-order valence-electron chi connectivity index (χ2n) is 15.8. The van der Waals surface area contributed by atoms with Gasteiger partial charge in [0.05, 0.1) is 13.2 Å². The predicted molar refractivity (Wildman–Crippen MR) is 233 cm³/mol. The molecule has 4 nitrogen and oxygen atoms in total. The van der Waals surface area contributed by atoms with E-state index in [1.54, 1.807) is 0 Å². The second-order valence-corrected chi connectivity index (χ2v) is 15.8. The molecule has 0 aliphatic rings. The van der Waals surface area contributed by atoms with Crippen LogP contribution in [0.15, 0.2) is 36.5 Å². The molecule has 0 aromatic carbocycles. The molecule has 0 heterocycles. The molecule has 1 N–H and O–H groups in total. The zero-order valence-electron chi connectivity index (χ0n) is 35.8. The minimum absolute atomic E-state index is 0.173. The fourth-order valence-corrected chi connectivity index (χ4v) is 6.93. The Balaban J connectivity index is 3.42. The standard InChI is InChI=1S/C49H92O4/c1-3-5-7-9-11-13-15-17-19-21-23-24-25-27-29-31-33-35-37-39-41-43-45-52-47-48(46-50)53-49(51)44-42-40-38-36-34-32-30-28-26-22-20-18-16-14-12-10-8-6-4-2/h15,17,21,23,25,27,48,50H,3-14,16,18-20,22,24,26,28-47H2,1-2H3/b17-15-,23-21-,27-25-. The van der Waals surface area contributed by atoms with Gasteiger partial charge in [-0.05, 0) is 51.4 Å². The van der Waals surface area contributed by atoms with E-state index in [1.807, 2.05) is 0 Å². The Morgan fingerprint density at radius 2 is 0.792 bits per heavy atom. The smallest absolute Gasteiger partial charge is 0.306 e. The quantitative estimate of drug-likeness (QED) is 0.0383. The van der Waals surface area contributed by atoms with Crippen molar-refractivity contribution in [3.05, 3.63) is 36.5 Å². The first-order valence-electron chi connectivity index (χ1n) is 23.6. The van der Waals surface area contributed by atoms with E-state index >= 15 is 0 Å². The summed E-state index contributed by atoms with van der Waals surface area (Å²) in [6.45, 7) is 5.35. The van der Waals surface area contributed by atoms with Gasteiger partial charge in [0.2, 0.25) is 0 Å². The number of rotatable bonds is 44. The molecular formula is C49H92O4. The molecule has 1 atom stereocenters. The van der Waals surface area contributed by atoms with Crippen molar-refractivity contribution in [1.82, 2.24) is 0 Å². The zero-order chi connectivity index (χ0) is 38.4. The largest absolute Gasteiger partial charge is 0.457 e. The third-order valence-corrected chi connectivity index (χ3v) is 10.5. The molecule has 0 rings (SSSR count). The third kappa shape index (κ3) is 44.9. The lowest BCUT2D eigenvalue weighted by atomic mass is 10.0. The van der Waals surface area contributed by atoms with Crippen LogP contribution in [-0.2, 0) is 14.3 Å². The topological polar surface area (TPSA) is 55.8 Å². The number of carbonyl (C=O) groups excluding carboxylic acids is 1. The molecule has 0 saturated heterocycles. The monoisotopic (exact) mass is 745 g/mol. The summed E-state index contributed by atoms with van der Waals surface area (Å²) in [6.07, 6.45) is 59.3. The van der Waals surface area contributed by atoms with Crippen LogP contribution in [0.25, 0.3) is 0 Å². The Morgan fingerprint density at radius 1 is 0.453 bits per heavy atom. The van der Waals surface area contributed by atoms with E-state index in [1.165, 1.54) is 193 Å². The summed E-state index contributed by atoms with van der Waals surface area (Å²) in [6, 6.07) is 0. The van der Waals surface area contributed by atoms with Crippen LogP contribution in [0.5, 0.6) is 0 Å². The molecular weight excluding hydrogens is 653 g/mol. The van der Waals surface area contributed by atoms with Crippen LogP contribution in [-0.4, -0.2) is 37.0 Å². The molecule has 0 aliphatic carbocycles. The lowest BCUT2D eigenvalue weighted by molar-refractivity contribution is -0.154. The predicted octanol–water partition coefficient (Wildman–Crippen LogP) is 15.7. The van der Waals surface area contributed by atoms with E-state index in [0.717, 1.165) is 32.1 Å². The van der Waals surface area contributed by atoms with Crippen molar-refractivity contribution in [2.24, 2.45) is 0 Å². The number of carbonyl (C=O) groups is 1. The van der Waals surface area contributed by atoms with E-state index in [2.05, 4.69) is 50.3 Å². The SMILES string of the molecule is CCCCCCC/C=C\C/C=C\C/C=C\CCCCCCCCCOCC(CO)OC(=O)CCCCCCCCCCCCCCCCCCCCC. The summed E-state index contributed by atoms with van der Waals surface area (Å²) in [5.74, 6) is -0.200. The first-order chi connectivity index (χ1) is 26.2. The maximum absolute atomic E-state index is 12.2. The molecule has 0 fully saturated rings. The molecule has 53 heavy (non-hydrogen) atoms. The van der Waals surface area contributed by atoms with Crippen LogP contribution < -0.4 is 0 Å². The molecule has 0 aliphatic heterocycles. The highest BCUT2D eigenvalue weighted by atomic mass is 16.6. The first kappa shape index (κ1) is 51.6. The number of esters is 1. The van der Waals surface area contributed by atoms with Gasteiger partial charge in [-0.2, -0.15) is 0 Å². The van der Waals surface area contributed by atoms with Gasteiger partial charge in [-0.25, -0.2) is 0 Å². The highest BCUT2D eigenvalue weighted by Gasteiger charge is 2.13. The lowest BCUT2D eigenvalue weighted by Gasteiger charge is -2.16. The molecule has 1 unspecified atom stereocenters. The summed E-state index contributed by atoms with van der Waals surface area (Å²) in [5, 5.41) is 9.63. The third-order valence-electron chi connectivity index (χ3n) is 10.5. The Bertz CT molecular complexity index is 787. The van der Waals surface area contributed by atoms with Crippen LogP contribution in [0.4, 0.5) is 0 Å². The Labute approximate surface area is 331 Å². The van der Waals surface area contributed by atoms with Crippen molar-refractivity contribution in [1.29, 1.82) is 0 Å². The summed E-state index contributed by atoms with van der Waals surface area (Å²) >= 11 is 0. The van der Waals surface area contributed by atoms with Crippen molar-refractivity contribution >= 4 is 5.97 Å². The Hall–Kier alpha value is -1.39. The van der Waals surface area contributed by atoms with E-state index < -0.39 is 6.10 Å². The maximum atomic E-state index is 12.2. The van der Waals surface area contributed by atoms with Crippen molar-refractivity contribution in [2.75, 3.05) is 19.8 Å². The fraction of sp³-hybridized carbons (Fsp3) is 0.857. The van der Waals surface area contributed by atoms with Crippen molar-refractivity contribution in [3.8, 4) is 0 Å². The average Bonchev–Trinajstić information content (AvgIpc) is 3.16. The van der Waals surface area contributed by atoms with Gasteiger partial charge in [-0.1, -0.05) is 224 Å². The molecule has 0 spiro atoms. The highest BCUT2D eigenvalue weighted by molar-refractivity contribution is 5.69. The zero-order valence-corrected chi connectivity index (χ0v) is 35.8. The van der Waals surface area contributed by atoms with Gasteiger partial charge in [0, 0.05) is 13.0 Å². The maximum Gasteiger partial charge on any atom is 0.306 e. The van der Waals surface area contributed by atoms with Crippen LogP contribution in [0.1, 0.15) is 245 Å². The number of allylic oxidation sites excluding steroid dienone is 6. The van der Waals surface area contributed by atoms with Gasteiger partial charge < -0.3 is 14.6 Å². The van der Waals surface area contributed by atoms with Crippen LogP contribution in [0.2, 0.25) is 0 Å². The normalized spacial score (nSPS) is 12.6. The first-order valence-corrected chi connectivity index (χ1v) is 23.6. The van der Waals surface area contributed by atoms with Crippen LogP contribution >= 0.6 is 0 Å². The van der Waals surface area contributed by atoms with Gasteiger partial charge in [-0.3, -0.25) is 4.79 Å². The van der Waals surface area contributed by atoms with Crippen molar-refractivity contribution in [2.45, 2.75) is 251 Å². The van der Waals surface area contributed by atoms with E-state index in [9.17, 15) is 9.90 Å². The summed E-state index contributed by atoms with van der Waals surface area (Å²) in [5.41, 5.74) is 0. The number of hydrogen-bond donors (Lipinski definition) is 1. The minimum atomic E-state index is -0.537. The molecule has 0 aromatic rings. The number of aliphatic hydroxyl groups excluding tert-OH is 1. The molecule has 0 saturated carbocycles. The van der Waals surface area contributed by atoms with Gasteiger partial charge in [-0.15, -0.1) is 0 Å². The lowest BCUT2D eigenvalue weighted by Crippen LogP contribution is -2.27. The summed E-state index contributed by atoms with van der Waals surface area (Å²) in [4.78, 5) is 12.2. The number of ether oxygens (including phenoxy) is 2. The Kier molecular flexibility index (Phi) is 45.5. The van der Waals surface area contributed by atoms with E-state index in [0.29, 0.717) is 19.6 Å². The van der Waals surface area contributed by atoms with Crippen LogP contribution in [0.3, 0.4) is 0 Å². The van der Waals surface area contributed by atoms with E-state index in [-0.39, 0.29) is 12.6 Å². The molecule has 0 amide bonds. The average molecular weight is 745 g/mol. The highest BCUT2D eigenvalue weighted by Crippen LogP contribution is 2.15. The molecule has 312 valence electrons. The molecule has 0 radical (unpaired) electrons. The van der Waals surface area contributed by atoms with Gasteiger partial charge in [0.1, 0.15) is 6.10 Å². The number of hydrogen-bond acceptors (Lipinski definition) is 4. The summed E-state index contributed by atoms with van der Waals surface area (Å²) in [7, 11) is 0. The van der Waals surface area contributed by atoms with Crippen molar-refractivity contribution < 1.29 is 19.4 Å².